The number of hydrogen-bond acceptors (Lipinski definition) is 3. The molecular formula is C66H41NO2. The van der Waals surface area contributed by atoms with E-state index >= 15 is 0 Å². The molecule has 2 heterocycles. The summed E-state index contributed by atoms with van der Waals surface area (Å²) >= 11 is 0. The average molecular weight is 880 g/mol. The van der Waals surface area contributed by atoms with Crippen molar-refractivity contribution in [3.8, 4) is 44.5 Å². The fourth-order valence-corrected chi connectivity index (χ4v) is 10.8. The maximum Gasteiger partial charge on any atom is 0.143 e. The molecule has 0 bridgehead atoms. The fourth-order valence-electron chi connectivity index (χ4n) is 10.8. The van der Waals surface area contributed by atoms with Gasteiger partial charge in [0.2, 0.25) is 0 Å². The van der Waals surface area contributed by atoms with E-state index in [1.807, 2.05) is 24.3 Å². The van der Waals surface area contributed by atoms with E-state index in [1.54, 1.807) is 0 Å². The van der Waals surface area contributed by atoms with Crippen molar-refractivity contribution in [3.05, 3.63) is 249 Å². The molecule has 0 N–H and O–H groups in total. The number of fused-ring (bicyclic) bond motifs is 10. The lowest BCUT2D eigenvalue weighted by Crippen LogP contribution is -2.10. The highest BCUT2D eigenvalue weighted by Crippen LogP contribution is 2.45. The van der Waals surface area contributed by atoms with Crippen LogP contribution in [-0.2, 0) is 0 Å². The van der Waals surface area contributed by atoms with E-state index in [-0.39, 0.29) is 0 Å². The molecule has 0 saturated heterocycles. The van der Waals surface area contributed by atoms with Crippen molar-refractivity contribution in [2.45, 2.75) is 0 Å². The molecule has 322 valence electrons. The third kappa shape index (κ3) is 6.43. The molecule has 2 aromatic heterocycles. The van der Waals surface area contributed by atoms with Gasteiger partial charge in [0.25, 0.3) is 0 Å². The first kappa shape index (κ1) is 39.0. The second kappa shape index (κ2) is 15.7. The van der Waals surface area contributed by atoms with Crippen LogP contribution in [0, 0.1) is 0 Å². The molecule has 0 aliphatic carbocycles. The van der Waals surface area contributed by atoms with Gasteiger partial charge in [-0.3, -0.25) is 0 Å². The topological polar surface area (TPSA) is 29.5 Å². The lowest BCUT2D eigenvalue weighted by molar-refractivity contribution is 0.669. The predicted octanol–water partition coefficient (Wildman–Crippen LogP) is 19.1. The summed E-state index contributed by atoms with van der Waals surface area (Å²) in [6.07, 6.45) is 0. The largest absolute Gasteiger partial charge is 0.456 e. The van der Waals surface area contributed by atoms with E-state index in [1.165, 1.54) is 43.4 Å². The van der Waals surface area contributed by atoms with Crippen LogP contribution in [0.25, 0.3) is 121 Å². The molecule has 14 aromatic rings. The van der Waals surface area contributed by atoms with Gasteiger partial charge in [0.15, 0.2) is 0 Å². The Kier molecular flexibility index (Phi) is 8.90. The predicted molar refractivity (Wildman–Crippen MR) is 290 cm³/mol. The molecule has 0 spiro atoms. The molecule has 0 amide bonds. The lowest BCUT2D eigenvalue weighted by atomic mass is 9.89. The van der Waals surface area contributed by atoms with Crippen molar-refractivity contribution in [1.29, 1.82) is 0 Å². The van der Waals surface area contributed by atoms with E-state index in [2.05, 4.69) is 229 Å². The summed E-state index contributed by atoms with van der Waals surface area (Å²) in [5.41, 5.74) is 16.0. The second-order valence-electron chi connectivity index (χ2n) is 18.0. The van der Waals surface area contributed by atoms with Crippen LogP contribution in [0.3, 0.4) is 0 Å². The summed E-state index contributed by atoms with van der Waals surface area (Å²) in [7, 11) is 0. The van der Waals surface area contributed by atoms with Crippen molar-refractivity contribution in [2.75, 3.05) is 4.90 Å². The number of benzene rings is 12. The van der Waals surface area contributed by atoms with Gasteiger partial charge in [0, 0.05) is 43.9 Å². The third-order valence-corrected chi connectivity index (χ3v) is 14.1. The van der Waals surface area contributed by atoms with Gasteiger partial charge in [-0.05, 0) is 120 Å². The summed E-state index contributed by atoms with van der Waals surface area (Å²) in [5, 5.41) is 11.8. The number of rotatable bonds is 7. The van der Waals surface area contributed by atoms with Gasteiger partial charge in [-0.25, -0.2) is 0 Å². The Morgan fingerprint density at radius 2 is 0.768 bits per heavy atom. The van der Waals surface area contributed by atoms with Gasteiger partial charge in [0.05, 0.1) is 5.69 Å². The first-order valence-electron chi connectivity index (χ1n) is 23.6. The fraction of sp³-hybridized carbons (Fsp3) is 0. The standard InChI is InChI=1S/C66H41NO2/c1-4-15-52-44(12-1)32-38-53(65(52)48-33-39-59-57-18-7-9-22-62(57)68-64(59)41-48)45-30-36-50(37-31-45)67(61-40-47-13-2-3-14-51(47)55-16-5-6-17-56(55)61)49-34-28-43(29-35-49)42-24-26-46(27-25-42)54-20-11-21-60-58-19-8-10-23-63(58)69-66(54)60/h1-41H. The first-order chi connectivity index (χ1) is 34.2. The number of nitrogens with zero attached hydrogens (tertiary/aromatic N) is 1. The summed E-state index contributed by atoms with van der Waals surface area (Å²) in [4.78, 5) is 2.41. The summed E-state index contributed by atoms with van der Waals surface area (Å²) in [6.45, 7) is 0. The van der Waals surface area contributed by atoms with Crippen LogP contribution in [0.4, 0.5) is 17.1 Å². The Hall–Kier alpha value is -9.18. The van der Waals surface area contributed by atoms with E-state index in [0.717, 1.165) is 94.3 Å². The smallest absolute Gasteiger partial charge is 0.143 e. The second-order valence-corrected chi connectivity index (χ2v) is 18.0. The van der Waals surface area contributed by atoms with E-state index in [9.17, 15) is 0 Å². The first-order valence-corrected chi connectivity index (χ1v) is 23.6. The van der Waals surface area contributed by atoms with Crippen LogP contribution < -0.4 is 4.90 Å². The van der Waals surface area contributed by atoms with E-state index in [4.69, 9.17) is 8.83 Å². The Labute approximate surface area is 398 Å². The molecule has 0 aliphatic heterocycles. The molecule has 3 nitrogen and oxygen atoms in total. The zero-order valence-electron chi connectivity index (χ0n) is 37.4. The minimum atomic E-state index is 0.890. The van der Waals surface area contributed by atoms with E-state index in [0.29, 0.717) is 0 Å². The number of hydrogen-bond donors (Lipinski definition) is 0. The van der Waals surface area contributed by atoms with Crippen molar-refractivity contribution in [2.24, 2.45) is 0 Å². The van der Waals surface area contributed by atoms with Crippen LogP contribution in [0.1, 0.15) is 0 Å². The van der Waals surface area contributed by atoms with Crippen LogP contribution in [0.15, 0.2) is 258 Å². The van der Waals surface area contributed by atoms with Crippen molar-refractivity contribution in [1.82, 2.24) is 0 Å². The monoisotopic (exact) mass is 879 g/mol. The minimum Gasteiger partial charge on any atom is -0.456 e. The summed E-state index contributed by atoms with van der Waals surface area (Å²) in [5.74, 6) is 0. The maximum absolute atomic E-state index is 6.42. The van der Waals surface area contributed by atoms with Gasteiger partial charge in [-0.15, -0.1) is 0 Å². The molecule has 0 radical (unpaired) electrons. The van der Waals surface area contributed by atoms with Gasteiger partial charge >= 0.3 is 0 Å². The van der Waals surface area contributed by atoms with E-state index < -0.39 is 0 Å². The molecule has 0 aliphatic rings. The van der Waals surface area contributed by atoms with Crippen LogP contribution in [-0.4, -0.2) is 0 Å². The number of para-hydroxylation sites is 3. The van der Waals surface area contributed by atoms with Gasteiger partial charge < -0.3 is 13.7 Å². The Balaban J connectivity index is 0.870. The third-order valence-electron chi connectivity index (χ3n) is 14.1. The molecule has 14 rings (SSSR count). The average Bonchev–Trinajstić information content (AvgIpc) is 3.99. The lowest BCUT2D eigenvalue weighted by Gasteiger charge is -2.28. The maximum atomic E-state index is 6.42. The normalized spacial score (nSPS) is 11.8. The zero-order valence-corrected chi connectivity index (χ0v) is 37.4. The summed E-state index contributed by atoms with van der Waals surface area (Å²) < 4.78 is 12.8. The van der Waals surface area contributed by atoms with Crippen LogP contribution in [0.2, 0.25) is 0 Å². The molecule has 69 heavy (non-hydrogen) atoms. The van der Waals surface area contributed by atoms with Crippen molar-refractivity contribution in [3.63, 3.8) is 0 Å². The molecule has 0 saturated carbocycles. The van der Waals surface area contributed by atoms with Gasteiger partial charge in [0.1, 0.15) is 22.3 Å². The number of furan rings is 2. The van der Waals surface area contributed by atoms with Gasteiger partial charge in [-0.1, -0.05) is 194 Å². The minimum absolute atomic E-state index is 0.890. The molecular weight excluding hydrogens is 839 g/mol. The Morgan fingerprint density at radius 1 is 0.261 bits per heavy atom. The molecule has 0 unspecified atom stereocenters. The Morgan fingerprint density at radius 3 is 1.51 bits per heavy atom. The Bertz CT molecular complexity index is 4290. The molecule has 0 fully saturated rings. The SMILES string of the molecule is c1ccc2c(-c3ccc4c(c3)oc3ccccc34)c(-c3ccc(N(c4ccc(-c5ccc(-c6cccc7c6oc6ccccc67)cc5)cc4)c4cc5ccccc5c5ccccc45)cc3)ccc2c1. The van der Waals surface area contributed by atoms with Crippen LogP contribution in [0.5, 0.6) is 0 Å². The summed E-state index contributed by atoms with van der Waals surface area (Å²) in [6, 6.07) is 89.6. The highest BCUT2D eigenvalue weighted by atomic mass is 16.3. The molecule has 0 atom stereocenters. The highest BCUT2D eigenvalue weighted by molar-refractivity contribution is 6.15. The highest BCUT2D eigenvalue weighted by Gasteiger charge is 2.20. The zero-order chi connectivity index (χ0) is 45.4. The molecule has 12 aromatic carbocycles. The molecule has 3 heteroatoms. The van der Waals surface area contributed by atoms with Crippen molar-refractivity contribution < 1.29 is 8.83 Å². The van der Waals surface area contributed by atoms with Gasteiger partial charge in [-0.2, -0.15) is 0 Å². The van der Waals surface area contributed by atoms with Crippen LogP contribution >= 0.6 is 0 Å². The van der Waals surface area contributed by atoms with Crippen molar-refractivity contribution >= 4 is 93.3 Å². The quantitative estimate of drug-likeness (QED) is 0.149. The number of anilines is 3.